The molecule has 0 aliphatic rings. The lowest BCUT2D eigenvalue weighted by molar-refractivity contribution is 0.412. The number of nitrogen functional groups attached to an aromatic ring is 1. The summed E-state index contributed by atoms with van der Waals surface area (Å²) in [6, 6.07) is 5.82. The van der Waals surface area contributed by atoms with Crippen LogP contribution in [0.15, 0.2) is 29.0 Å². The standard InChI is InChI=1S/C13H16BrN3O/c1-3-6-17-8-16-12(13(17)15)9-4-5-11(18-2)10(14)7-9/h4-5,7-8H,3,6,15H2,1-2H3. The van der Waals surface area contributed by atoms with Crippen LogP contribution in [0.5, 0.6) is 5.75 Å². The molecule has 0 aliphatic heterocycles. The summed E-state index contributed by atoms with van der Waals surface area (Å²) >= 11 is 3.47. The highest BCUT2D eigenvalue weighted by atomic mass is 79.9. The van der Waals surface area contributed by atoms with E-state index in [9.17, 15) is 0 Å². The molecule has 0 fully saturated rings. The van der Waals surface area contributed by atoms with Gasteiger partial charge in [0.15, 0.2) is 0 Å². The van der Waals surface area contributed by atoms with Crippen LogP contribution in [0.25, 0.3) is 11.3 Å². The SMILES string of the molecule is CCCn1cnc(-c2ccc(OC)c(Br)c2)c1N. The molecule has 1 heterocycles. The fourth-order valence-electron chi connectivity index (χ4n) is 1.85. The quantitative estimate of drug-likeness (QED) is 0.942. The molecule has 1 aromatic carbocycles. The van der Waals surface area contributed by atoms with Gasteiger partial charge in [0.1, 0.15) is 17.3 Å². The van der Waals surface area contributed by atoms with Crippen molar-refractivity contribution in [2.75, 3.05) is 12.8 Å². The van der Waals surface area contributed by atoms with E-state index in [1.807, 2.05) is 22.8 Å². The van der Waals surface area contributed by atoms with E-state index in [4.69, 9.17) is 10.5 Å². The maximum Gasteiger partial charge on any atom is 0.133 e. The van der Waals surface area contributed by atoms with E-state index in [2.05, 4.69) is 27.8 Å². The number of anilines is 1. The Balaban J connectivity index is 2.39. The van der Waals surface area contributed by atoms with Gasteiger partial charge in [0.25, 0.3) is 0 Å². The molecule has 0 spiro atoms. The van der Waals surface area contributed by atoms with Gasteiger partial charge in [-0.2, -0.15) is 0 Å². The van der Waals surface area contributed by atoms with Crippen LogP contribution in [0.1, 0.15) is 13.3 Å². The minimum atomic E-state index is 0.703. The number of nitrogens with zero attached hydrogens (tertiary/aromatic N) is 2. The number of aryl methyl sites for hydroxylation is 1. The van der Waals surface area contributed by atoms with Crippen LogP contribution >= 0.6 is 15.9 Å². The van der Waals surface area contributed by atoms with Gasteiger partial charge < -0.3 is 15.0 Å². The second-order valence-electron chi connectivity index (χ2n) is 4.02. The maximum atomic E-state index is 6.10. The molecule has 18 heavy (non-hydrogen) atoms. The van der Waals surface area contributed by atoms with Crippen molar-refractivity contribution in [3.8, 4) is 17.0 Å². The summed E-state index contributed by atoms with van der Waals surface area (Å²) in [5, 5.41) is 0. The Morgan fingerprint density at radius 3 is 2.83 bits per heavy atom. The number of hydrogen-bond acceptors (Lipinski definition) is 3. The van der Waals surface area contributed by atoms with Crippen LogP contribution < -0.4 is 10.5 Å². The van der Waals surface area contributed by atoms with Crippen LogP contribution in [-0.2, 0) is 6.54 Å². The third-order valence-corrected chi connectivity index (χ3v) is 3.39. The number of imidazole rings is 1. The van der Waals surface area contributed by atoms with Crippen molar-refractivity contribution in [1.82, 2.24) is 9.55 Å². The number of ether oxygens (including phenoxy) is 1. The minimum Gasteiger partial charge on any atom is -0.496 e. The highest BCUT2D eigenvalue weighted by molar-refractivity contribution is 9.10. The summed E-state index contributed by atoms with van der Waals surface area (Å²) in [6.45, 7) is 3.00. The van der Waals surface area contributed by atoms with E-state index in [0.29, 0.717) is 5.82 Å². The van der Waals surface area contributed by atoms with Gasteiger partial charge in [0.05, 0.1) is 17.9 Å². The van der Waals surface area contributed by atoms with E-state index in [-0.39, 0.29) is 0 Å². The molecule has 0 radical (unpaired) electrons. The number of methoxy groups -OCH3 is 1. The lowest BCUT2D eigenvalue weighted by Gasteiger charge is -2.06. The second kappa shape index (κ2) is 5.44. The monoisotopic (exact) mass is 309 g/mol. The summed E-state index contributed by atoms with van der Waals surface area (Å²) in [5.41, 5.74) is 7.89. The predicted octanol–water partition coefficient (Wildman–Crippen LogP) is 3.31. The zero-order valence-corrected chi connectivity index (χ0v) is 12.1. The summed E-state index contributed by atoms with van der Waals surface area (Å²) in [6.07, 6.45) is 2.82. The van der Waals surface area contributed by atoms with Gasteiger partial charge in [-0.05, 0) is 40.5 Å². The number of nitrogens with two attached hydrogens (primary N) is 1. The molecule has 4 nitrogen and oxygen atoms in total. The zero-order valence-electron chi connectivity index (χ0n) is 10.5. The van der Waals surface area contributed by atoms with Crippen molar-refractivity contribution < 1.29 is 4.74 Å². The Labute approximate surface area is 115 Å². The average Bonchev–Trinajstić information content (AvgIpc) is 2.72. The van der Waals surface area contributed by atoms with Crippen molar-refractivity contribution in [2.24, 2.45) is 0 Å². The van der Waals surface area contributed by atoms with Crippen molar-refractivity contribution in [3.63, 3.8) is 0 Å². The topological polar surface area (TPSA) is 53.1 Å². The predicted molar refractivity (Wildman–Crippen MR) is 76.6 cm³/mol. The van der Waals surface area contributed by atoms with Gasteiger partial charge in [-0.25, -0.2) is 4.98 Å². The number of aromatic nitrogens is 2. The van der Waals surface area contributed by atoms with Crippen molar-refractivity contribution in [2.45, 2.75) is 19.9 Å². The van der Waals surface area contributed by atoms with Crippen molar-refractivity contribution in [1.29, 1.82) is 0 Å². The first-order valence-electron chi connectivity index (χ1n) is 5.82. The van der Waals surface area contributed by atoms with Crippen molar-refractivity contribution in [3.05, 3.63) is 29.0 Å². The van der Waals surface area contributed by atoms with Crippen LogP contribution in [0, 0.1) is 0 Å². The third kappa shape index (κ3) is 2.36. The molecule has 0 amide bonds. The highest BCUT2D eigenvalue weighted by Gasteiger charge is 2.11. The van der Waals surface area contributed by atoms with Gasteiger partial charge in [-0.1, -0.05) is 6.92 Å². The van der Waals surface area contributed by atoms with Gasteiger partial charge in [-0.15, -0.1) is 0 Å². The first-order valence-corrected chi connectivity index (χ1v) is 6.61. The van der Waals surface area contributed by atoms with Crippen LogP contribution in [-0.4, -0.2) is 16.7 Å². The van der Waals surface area contributed by atoms with Crippen LogP contribution in [0.4, 0.5) is 5.82 Å². The Hall–Kier alpha value is -1.49. The molecule has 1 aromatic heterocycles. The zero-order chi connectivity index (χ0) is 13.1. The lowest BCUT2D eigenvalue weighted by atomic mass is 10.1. The van der Waals surface area contributed by atoms with E-state index in [1.54, 1.807) is 13.4 Å². The van der Waals surface area contributed by atoms with E-state index >= 15 is 0 Å². The summed E-state index contributed by atoms with van der Waals surface area (Å²) in [5.74, 6) is 1.50. The van der Waals surface area contributed by atoms with Gasteiger partial charge in [0, 0.05) is 12.1 Å². The Kier molecular flexibility index (Phi) is 3.91. The number of halogens is 1. The van der Waals surface area contributed by atoms with Gasteiger partial charge >= 0.3 is 0 Å². The third-order valence-electron chi connectivity index (χ3n) is 2.77. The Bertz CT molecular complexity index is 551. The van der Waals surface area contributed by atoms with E-state index in [1.165, 1.54) is 0 Å². The Morgan fingerprint density at radius 2 is 2.22 bits per heavy atom. The number of benzene rings is 1. The van der Waals surface area contributed by atoms with Gasteiger partial charge in [0.2, 0.25) is 0 Å². The molecule has 2 rings (SSSR count). The molecule has 0 saturated heterocycles. The van der Waals surface area contributed by atoms with E-state index < -0.39 is 0 Å². The van der Waals surface area contributed by atoms with E-state index in [0.717, 1.165) is 34.4 Å². The summed E-state index contributed by atoms with van der Waals surface area (Å²) in [7, 11) is 1.64. The number of hydrogen-bond donors (Lipinski definition) is 1. The normalized spacial score (nSPS) is 10.6. The fourth-order valence-corrected chi connectivity index (χ4v) is 2.39. The van der Waals surface area contributed by atoms with Crippen LogP contribution in [0.2, 0.25) is 0 Å². The lowest BCUT2D eigenvalue weighted by Crippen LogP contribution is -2.01. The first-order chi connectivity index (χ1) is 8.67. The second-order valence-corrected chi connectivity index (χ2v) is 4.88. The van der Waals surface area contributed by atoms with Crippen molar-refractivity contribution >= 4 is 21.7 Å². The highest BCUT2D eigenvalue weighted by Crippen LogP contribution is 2.32. The molecule has 0 unspecified atom stereocenters. The molecular weight excluding hydrogens is 294 g/mol. The number of rotatable bonds is 4. The fraction of sp³-hybridized carbons (Fsp3) is 0.308. The molecule has 2 N–H and O–H groups in total. The van der Waals surface area contributed by atoms with Crippen LogP contribution in [0.3, 0.4) is 0 Å². The van der Waals surface area contributed by atoms with Gasteiger partial charge in [-0.3, -0.25) is 0 Å². The first kappa shape index (κ1) is 13.0. The summed E-state index contributed by atoms with van der Waals surface area (Å²) < 4.78 is 8.07. The smallest absolute Gasteiger partial charge is 0.133 e. The Morgan fingerprint density at radius 1 is 1.44 bits per heavy atom. The molecule has 0 aliphatic carbocycles. The maximum absolute atomic E-state index is 6.10. The molecule has 96 valence electrons. The minimum absolute atomic E-state index is 0.703. The molecule has 0 atom stereocenters. The molecule has 0 saturated carbocycles. The molecule has 5 heteroatoms. The molecular formula is C13H16BrN3O. The summed E-state index contributed by atoms with van der Waals surface area (Å²) in [4.78, 5) is 4.38. The largest absolute Gasteiger partial charge is 0.496 e. The average molecular weight is 310 g/mol. The molecule has 0 bridgehead atoms. The molecule has 2 aromatic rings.